The average Bonchev–Trinajstić information content (AvgIpc) is 2.68. The third-order valence-electron chi connectivity index (χ3n) is 4.58. The van der Waals surface area contributed by atoms with Crippen LogP contribution in [0, 0.1) is 11.8 Å². The van der Waals surface area contributed by atoms with Gasteiger partial charge in [-0.25, -0.2) is 8.42 Å². The zero-order valence-electron chi connectivity index (χ0n) is 19.8. The van der Waals surface area contributed by atoms with Crippen LogP contribution in [0.3, 0.4) is 0 Å². The van der Waals surface area contributed by atoms with Crippen molar-refractivity contribution in [3.05, 3.63) is 24.3 Å². The second kappa shape index (κ2) is 10.8. The minimum atomic E-state index is -3.95. The summed E-state index contributed by atoms with van der Waals surface area (Å²) >= 11 is 1.55. The van der Waals surface area contributed by atoms with E-state index < -0.39 is 38.4 Å². The van der Waals surface area contributed by atoms with Gasteiger partial charge in [0.15, 0.2) is 6.61 Å². The summed E-state index contributed by atoms with van der Waals surface area (Å²) in [6, 6.07) is 5.00. The van der Waals surface area contributed by atoms with E-state index in [1.807, 2.05) is 13.8 Å². The number of rotatable bonds is 6. The molecule has 0 unspecified atom stereocenters. The van der Waals surface area contributed by atoms with Crippen LogP contribution in [0.1, 0.15) is 41.5 Å². The molecular weight excluding hydrogens is 466 g/mol. The van der Waals surface area contributed by atoms with Crippen molar-refractivity contribution >= 4 is 33.7 Å². The molecular formula is C23H31NO7S2. The van der Waals surface area contributed by atoms with Gasteiger partial charge in [-0.05, 0) is 58.9 Å². The van der Waals surface area contributed by atoms with Gasteiger partial charge in [0.1, 0.15) is 24.0 Å². The Labute approximate surface area is 200 Å². The van der Waals surface area contributed by atoms with Crippen molar-refractivity contribution in [1.82, 2.24) is 4.31 Å². The van der Waals surface area contributed by atoms with Crippen molar-refractivity contribution in [2.45, 2.75) is 62.8 Å². The largest absolute Gasteiger partial charge is 0.481 e. The van der Waals surface area contributed by atoms with Gasteiger partial charge in [-0.1, -0.05) is 11.8 Å². The fourth-order valence-corrected chi connectivity index (χ4v) is 6.26. The van der Waals surface area contributed by atoms with Crippen LogP contribution >= 0.6 is 11.8 Å². The molecule has 1 aliphatic heterocycles. The molecule has 1 fully saturated rings. The maximum Gasteiger partial charge on any atom is 0.326 e. The molecule has 1 aliphatic rings. The Hall–Kier alpha value is -2.22. The molecule has 10 heteroatoms. The number of hydrogen-bond donors (Lipinski definition) is 0. The van der Waals surface area contributed by atoms with Gasteiger partial charge < -0.3 is 14.2 Å². The van der Waals surface area contributed by atoms with E-state index in [-0.39, 0.29) is 24.7 Å². The van der Waals surface area contributed by atoms with Gasteiger partial charge in [-0.15, -0.1) is 0 Å². The highest BCUT2D eigenvalue weighted by molar-refractivity contribution is 8.00. The van der Waals surface area contributed by atoms with Gasteiger partial charge in [0.05, 0.1) is 4.90 Å². The highest BCUT2D eigenvalue weighted by atomic mass is 32.2. The van der Waals surface area contributed by atoms with Gasteiger partial charge in [-0.3, -0.25) is 9.59 Å². The molecule has 33 heavy (non-hydrogen) atoms. The van der Waals surface area contributed by atoms with Crippen LogP contribution in [0.4, 0.5) is 0 Å². The van der Waals surface area contributed by atoms with Crippen molar-refractivity contribution in [3.63, 3.8) is 0 Å². The van der Waals surface area contributed by atoms with Gasteiger partial charge in [0.2, 0.25) is 10.0 Å². The van der Waals surface area contributed by atoms with E-state index in [1.165, 1.54) is 35.5 Å². The summed E-state index contributed by atoms with van der Waals surface area (Å²) in [6.07, 6.45) is 0. The summed E-state index contributed by atoms with van der Waals surface area (Å²) in [5.74, 6) is 5.38. The van der Waals surface area contributed by atoms with Crippen molar-refractivity contribution < 1.29 is 32.2 Å². The predicted octanol–water partition coefficient (Wildman–Crippen LogP) is 2.86. The molecule has 0 bridgehead atoms. The van der Waals surface area contributed by atoms with Crippen LogP contribution < -0.4 is 4.74 Å². The Balaban J connectivity index is 2.17. The molecule has 1 saturated heterocycles. The Morgan fingerprint density at radius 3 is 2.33 bits per heavy atom. The molecule has 8 nitrogen and oxygen atoms in total. The van der Waals surface area contributed by atoms with E-state index in [2.05, 4.69) is 11.8 Å². The molecule has 2 rings (SSSR count). The van der Waals surface area contributed by atoms with Gasteiger partial charge in [0.25, 0.3) is 0 Å². The van der Waals surface area contributed by atoms with Crippen LogP contribution in [-0.2, 0) is 29.1 Å². The average molecular weight is 498 g/mol. The highest BCUT2D eigenvalue weighted by Crippen LogP contribution is 2.39. The molecule has 1 aromatic carbocycles. The van der Waals surface area contributed by atoms with Crippen LogP contribution in [0.25, 0.3) is 0 Å². The third kappa shape index (κ3) is 7.66. The normalized spacial score (nSPS) is 18.5. The van der Waals surface area contributed by atoms with E-state index in [1.54, 1.807) is 32.5 Å². The lowest BCUT2D eigenvalue weighted by Gasteiger charge is -2.44. The summed E-state index contributed by atoms with van der Waals surface area (Å²) in [6.45, 7) is 10.5. The molecule has 182 valence electrons. The second-order valence-corrected chi connectivity index (χ2v) is 12.5. The first-order valence-corrected chi connectivity index (χ1v) is 12.9. The quantitative estimate of drug-likeness (QED) is 0.437. The third-order valence-corrected chi connectivity index (χ3v) is 7.81. The van der Waals surface area contributed by atoms with Crippen LogP contribution in [0.15, 0.2) is 29.2 Å². The van der Waals surface area contributed by atoms with Crippen molar-refractivity contribution in [2.24, 2.45) is 0 Å². The number of benzene rings is 1. The number of ether oxygens (including phenoxy) is 3. The molecule has 1 heterocycles. The first-order chi connectivity index (χ1) is 15.2. The number of carbonyl (C=O) groups is 2. The smallest absolute Gasteiger partial charge is 0.326 e. The predicted molar refractivity (Wildman–Crippen MR) is 126 cm³/mol. The molecule has 0 aliphatic carbocycles. The molecule has 0 saturated carbocycles. The number of thioether (sulfide) groups is 1. The van der Waals surface area contributed by atoms with E-state index in [9.17, 15) is 18.0 Å². The zero-order chi connectivity index (χ0) is 24.9. The number of nitrogens with zero attached hydrogens (tertiary/aromatic N) is 1. The monoisotopic (exact) mass is 497 g/mol. The van der Waals surface area contributed by atoms with Crippen molar-refractivity contribution in [3.8, 4) is 17.6 Å². The minimum Gasteiger partial charge on any atom is -0.481 e. The van der Waals surface area contributed by atoms with Crippen molar-refractivity contribution in [1.29, 1.82) is 0 Å². The number of esters is 2. The van der Waals surface area contributed by atoms with E-state index in [0.717, 1.165) is 0 Å². The van der Waals surface area contributed by atoms with Crippen LogP contribution in [0.5, 0.6) is 5.75 Å². The highest BCUT2D eigenvalue weighted by Gasteiger charge is 2.49. The molecule has 1 aromatic rings. The SMILES string of the molecule is CC(=O)OCC#CCOc1ccc(S(=O)(=O)N2CCSC(C)(C)[C@@H]2C(=O)OC(C)(C)C)cc1. The molecule has 0 spiro atoms. The molecule has 0 aromatic heterocycles. The first-order valence-electron chi connectivity index (χ1n) is 10.4. The summed E-state index contributed by atoms with van der Waals surface area (Å²) in [7, 11) is -3.95. The lowest BCUT2D eigenvalue weighted by molar-refractivity contribution is -0.160. The summed E-state index contributed by atoms with van der Waals surface area (Å²) in [4.78, 5) is 23.7. The van der Waals surface area contributed by atoms with Crippen LogP contribution in [-0.4, -0.2) is 66.6 Å². The maximum absolute atomic E-state index is 13.5. The second-order valence-electron chi connectivity index (χ2n) is 8.90. The van der Waals surface area contributed by atoms with Crippen LogP contribution in [0.2, 0.25) is 0 Å². The van der Waals surface area contributed by atoms with E-state index >= 15 is 0 Å². The summed E-state index contributed by atoms with van der Waals surface area (Å²) in [5, 5.41) is 0. The van der Waals surface area contributed by atoms with E-state index in [4.69, 9.17) is 14.2 Å². The molecule has 0 N–H and O–H groups in total. The first kappa shape index (κ1) is 27.0. The minimum absolute atomic E-state index is 0.0147. The van der Waals surface area contributed by atoms with Gasteiger partial charge in [0, 0.05) is 24.0 Å². The van der Waals surface area contributed by atoms with Crippen molar-refractivity contribution in [2.75, 3.05) is 25.5 Å². The standard InChI is InChI=1S/C23H31NO7S2/c1-17(25)29-14-7-8-15-30-18-9-11-19(12-10-18)33(27,28)24-13-16-32-23(5,6)20(24)21(26)31-22(2,3)4/h9-12,20H,13-16H2,1-6H3/t20-/m0/s1. The summed E-state index contributed by atoms with van der Waals surface area (Å²) in [5.41, 5.74) is -0.731. The number of sulfonamides is 1. The number of hydrogen-bond acceptors (Lipinski definition) is 8. The van der Waals surface area contributed by atoms with Gasteiger partial charge >= 0.3 is 11.9 Å². The Kier molecular flexibility index (Phi) is 8.85. The molecule has 1 atom stereocenters. The topological polar surface area (TPSA) is 99.2 Å². The van der Waals surface area contributed by atoms with E-state index in [0.29, 0.717) is 11.5 Å². The fraction of sp³-hybridized carbons (Fsp3) is 0.565. The Bertz CT molecular complexity index is 1020. The lowest BCUT2D eigenvalue weighted by Crippen LogP contribution is -2.59. The lowest BCUT2D eigenvalue weighted by atomic mass is 10.0. The number of carbonyl (C=O) groups excluding carboxylic acids is 2. The Morgan fingerprint density at radius 2 is 1.76 bits per heavy atom. The molecule has 0 amide bonds. The Morgan fingerprint density at radius 1 is 1.15 bits per heavy atom. The maximum atomic E-state index is 13.5. The molecule has 0 radical (unpaired) electrons. The summed E-state index contributed by atoms with van der Waals surface area (Å²) < 4.78 is 43.2. The zero-order valence-corrected chi connectivity index (χ0v) is 21.5. The van der Waals surface area contributed by atoms with Gasteiger partial charge in [-0.2, -0.15) is 16.1 Å². The fourth-order valence-electron chi connectivity index (χ4n) is 3.17.